The van der Waals surface area contributed by atoms with Crippen LogP contribution >= 0.6 is 0 Å². The summed E-state index contributed by atoms with van der Waals surface area (Å²) in [4.78, 5) is 18.7. The highest BCUT2D eigenvalue weighted by molar-refractivity contribution is 5.71. The molecule has 0 N–H and O–H groups in total. The van der Waals surface area contributed by atoms with Crippen LogP contribution < -0.4 is 20.7 Å². The van der Waals surface area contributed by atoms with Crippen LogP contribution in [0.1, 0.15) is 48.4 Å². The molecule has 174 valence electrons. The van der Waals surface area contributed by atoms with Crippen LogP contribution in [0.4, 0.5) is 5.69 Å². The summed E-state index contributed by atoms with van der Waals surface area (Å²) in [5, 5.41) is 0. The van der Waals surface area contributed by atoms with E-state index in [1.807, 2.05) is 22.8 Å². The number of nitrogens with zero attached hydrogens (tertiary/aromatic N) is 3. The maximum absolute atomic E-state index is 13.7. The summed E-state index contributed by atoms with van der Waals surface area (Å²) in [6.07, 6.45) is 0.852. The summed E-state index contributed by atoms with van der Waals surface area (Å²) < 4.78 is 14.8. The van der Waals surface area contributed by atoms with Crippen molar-refractivity contribution in [2.24, 2.45) is 4.99 Å². The number of benzene rings is 2. The Bertz CT molecular complexity index is 1320. The van der Waals surface area contributed by atoms with Crippen LogP contribution in [-0.4, -0.2) is 23.4 Å². The molecule has 0 saturated carbocycles. The first-order valence-corrected chi connectivity index (χ1v) is 11.5. The quantitative estimate of drug-likeness (QED) is 0.552. The van der Waals surface area contributed by atoms with E-state index in [0.717, 1.165) is 40.1 Å². The minimum Gasteiger partial charge on any atom is -0.493 e. The molecule has 1 atom stereocenters. The Kier molecular flexibility index (Phi) is 6.19. The van der Waals surface area contributed by atoms with Crippen molar-refractivity contribution in [2.75, 3.05) is 14.2 Å². The van der Waals surface area contributed by atoms with Crippen LogP contribution in [-0.2, 0) is 13.1 Å². The molecule has 6 nitrogen and oxygen atoms in total. The van der Waals surface area contributed by atoms with E-state index in [9.17, 15) is 4.79 Å². The molecule has 2 heterocycles. The average molecular weight is 448 g/mol. The first-order valence-electron chi connectivity index (χ1n) is 11.5. The molecule has 1 aromatic heterocycles. The molecule has 0 radical (unpaired) electrons. The molecule has 0 spiro atoms. The van der Waals surface area contributed by atoms with E-state index in [1.165, 1.54) is 5.56 Å². The van der Waals surface area contributed by atoms with Gasteiger partial charge in [-0.1, -0.05) is 31.5 Å². The van der Waals surface area contributed by atoms with Crippen molar-refractivity contribution < 1.29 is 9.47 Å². The summed E-state index contributed by atoms with van der Waals surface area (Å²) in [7, 11) is 3.28. The van der Waals surface area contributed by atoms with Crippen LogP contribution in [0.15, 0.2) is 40.1 Å². The van der Waals surface area contributed by atoms with Crippen molar-refractivity contribution in [3.8, 4) is 22.8 Å². The maximum atomic E-state index is 13.7. The van der Waals surface area contributed by atoms with Gasteiger partial charge >= 0.3 is 5.69 Å². The molecule has 1 aliphatic heterocycles. The molecular weight excluding hydrogens is 414 g/mol. The standard InChI is InChI=1S/C27H33N3O3/c1-8-9-29-25(28-26-17(3)10-16(2)11-18(26)4)14-22-21-13-24(33-7)23(32-6)12-20(21)19(5)15-30(22)27(29)31/h10-14,19H,8-9,15H2,1-7H3/b28-25-. The minimum atomic E-state index is -0.0252. The molecule has 0 amide bonds. The van der Waals surface area contributed by atoms with Gasteiger partial charge in [-0.2, -0.15) is 0 Å². The summed E-state index contributed by atoms with van der Waals surface area (Å²) in [6.45, 7) is 11.7. The number of hydrogen-bond acceptors (Lipinski definition) is 4. The number of hydrogen-bond donors (Lipinski definition) is 0. The Morgan fingerprint density at radius 2 is 1.64 bits per heavy atom. The average Bonchev–Trinajstić information content (AvgIpc) is 2.78. The molecule has 33 heavy (non-hydrogen) atoms. The predicted molar refractivity (Wildman–Crippen MR) is 132 cm³/mol. The van der Waals surface area contributed by atoms with Crippen molar-refractivity contribution in [2.45, 2.75) is 60.0 Å². The molecule has 0 saturated heterocycles. The Hall–Kier alpha value is -3.28. The molecule has 1 unspecified atom stereocenters. The van der Waals surface area contributed by atoms with Crippen molar-refractivity contribution in [1.82, 2.24) is 9.13 Å². The second-order valence-electron chi connectivity index (χ2n) is 8.99. The SMILES string of the molecule is CCCn1c(=O)n2c(c/c1=N/c1c(C)cc(C)cc1C)-c1cc(OC)c(OC)cc1C(C)C2. The van der Waals surface area contributed by atoms with Gasteiger partial charge in [0, 0.05) is 30.6 Å². The molecule has 1 aliphatic rings. The molecular formula is C27H33N3O3. The normalized spacial score (nSPS) is 15.2. The first-order chi connectivity index (χ1) is 15.8. The highest BCUT2D eigenvalue weighted by atomic mass is 16.5. The topological polar surface area (TPSA) is 57.8 Å². The Morgan fingerprint density at radius 1 is 1.00 bits per heavy atom. The third-order valence-electron chi connectivity index (χ3n) is 6.42. The maximum Gasteiger partial charge on any atom is 0.330 e. The summed E-state index contributed by atoms with van der Waals surface area (Å²) >= 11 is 0. The number of methoxy groups -OCH3 is 2. The highest BCUT2D eigenvalue weighted by Crippen LogP contribution is 2.41. The third-order valence-corrected chi connectivity index (χ3v) is 6.42. The van der Waals surface area contributed by atoms with Gasteiger partial charge in [-0.25, -0.2) is 9.79 Å². The zero-order valence-corrected chi connectivity index (χ0v) is 20.7. The van der Waals surface area contributed by atoms with E-state index >= 15 is 0 Å². The second-order valence-corrected chi connectivity index (χ2v) is 8.99. The van der Waals surface area contributed by atoms with E-state index < -0.39 is 0 Å². The summed E-state index contributed by atoms with van der Waals surface area (Å²) in [5.74, 6) is 1.52. The van der Waals surface area contributed by atoms with E-state index in [-0.39, 0.29) is 11.6 Å². The fraction of sp³-hybridized carbons (Fsp3) is 0.407. The van der Waals surface area contributed by atoms with Gasteiger partial charge < -0.3 is 9.47 Å². The van der Waals surface area contributed by atoms with E-state index in [1.54, 1.807) is 18.8 Å². The highest BCUT2D eigenvalue weighted by Gasteiger charge is 2.26. The lowest BCUT2D eigenvalue weighted by atomic mass is 9.89. The van der Waals surface area contributed by atoms with Gasteiger partial charge in [-0.3, -0.25) is 9.13 Å². The first kappa shape index (κ1) is 22.9. The van der Waals surface area contributed by atoms with Gasteiger partial charge in [-0.05, 0) is 56.0 Å². The predicted octanol–water partition coefficient (Wildman–Crippen LogP) is 5.02. The van der Waals surface area contributed by atoms with E-state index in [4.69, 9.17) is 14.5 Å². The fourth-order valence-corrected chi connectivity index (χ4v) is 4.91. The number of aromatic nitrogens is 2. The van der Waals surface area contributed by atoms with Gasteiger partial charge in [0.2, 0.25) is 0 Å². The fourth-order valence-electron chi connectivity index (χ4n) is 4.91. The van der Waals surface area contributed by atoms with Crippen LogP contribution in [0.2, 0.25) is 0 Å². The van der Waals surface area contributed by atoms with Crippen LogP contribution in [0.3, 0.4) is 0 Å². The van der Waals surface area contributed by atoms with Gasteiger partial charge in [0.25, 0.3) is 0 Å². The lowest BCUT2D eigenvalue weighted by Gasteiger charge is -2.28. The van der Waals surface area contributed by atoms with Crippen LogP contribution in [0.25, 0.3) is 11.3 Å². The Morgan fingerprint density at radius 3 is 2.24 bits per heavy atom. The van der Waals surface area contributed by atoms with Gasteiger partial charge in [-0.15, -0.1) is 0 Å². The van der Waals surface area contributed by atoms with Gasteiger partial charge in [0.05, 0.1) is 25.6 Å². The second kappa shape index (κ2) is 8.93. The monoisotopic (exact) mass is 447 g/mol. The number of fused-ring (bicyclic) bond motifs is 3. The minimum absolute atomic E-state index is 0.0252. The van der Waals surface area contributed by atoms with Gasteiger partial charge in [0.15, 0.2) is 11.5 Å². The smallest absolute Gasteiger partial charge is 0.330 e. The zero-order valence-electron chi connectivity index (χ0n) is 20.7. The van der Waals surface area contributed by atoms with Crippen molar-refractivity contribution in [3.63, 3.8) is 0 Å². The molecule has 6 heteroatoms. The Labute approximate surface area is 195 Å². The van der Waals surface area contributed by atoms with Crippen molar-refractivity contribution in [1.29, 1.82) is 0 Å². The zero-order chi connectivity index (χ0) is 23.9. The lowest BCUT2D eigenvalue weighted by Crippen LogP contribution is -2.42. The lowest BCUT2D eigenvalue weighted by molar-refractivity contribution is 0.354. The van der Waals surface area contributed by atoms with E-state index in [2.05, 4.69) is 46.8 Å². The van der Waals surface area contributed by atoms with Crippen molar-refractivity contribution >= 4 is 5.69 Å². The van der Waals surface area contributed by atoms with Gasteiger partial charge in [0.1, 0.15) is 5.49 Å². The third kappa shape index (κ3) is 3.99. The molecule has 0 fully saturated rings. The molecule has 0 bridgehead atoms. The van der Waals surface area contributed by atoms with Crippen LogP contribution in [0, 0.1) is 20.8 Å². The van der Waals surface area contributed by atoms with E-state index in [0.29, 0.717) is 30.1 Å². The largest absolute Gasteiger partial charge is 0.493 e. The summed E-state index contributed by atoms with van der Waals surface area (Å²) in [6, 6.07) is 10.3. The number of aryl methyl sites for hydroxylation is 3. The van der Waals surface area contributed by atoms with Crippen molar-refractivity contribution in [3.05, 3.63) is 68.6 Å². The van der Waals surface area contributed by atoms with Crippen LogP contribution in [0.5, 0.6) is 11.5 Å². The number of ether oxygens (including phenoxy) is 2. The molecule has 4 rings (SSSR count). The summed E-state index contributed by atoms with van der Waals surface area (Å²) in [5.41, 5.74) is 7.99. The number of rotatable bonds is 5. The molecule has 0 aliphatic carbocycles. The Balaban J connectivity index is 2.06. The molecule has 3 aromatic rings. The molecule has 2 aromatic carbocycles.